The van der Waals surface area contributed by atoms with E-state index >= 15 is 0 Å². The van der Waals surface area contributed by atoms with Crippen LogP contribution in [0.1, 0.15) is 40.0 Å². The minimum absolute atomic E-state index is 0.327. The summed E-state index contributed by atoms with van der Waals surface area (Å²) in [5.41, 5.74) is 0.327. The van der Waals surface area contributed by atoms with Crippen LogP contribution in [0.2, 0.25) is 0 Å². The van der Waals surface area contributed by atoms with Crippen molar-refractivity contribution in [3.8, 4) is 0 Å². The summed E-state index contributed by atoms with van der Waals surface area (Å²) in [6.45, 7) is 14.1. The van der Waals surface area contributed by atoms with E-state index in [4.69, 9.17) is 0 Å². The van der Waals surface area contributed by atoms with E-state index in [1.54, 1.807) is 0 Å². The van der Waals surface area contributed by atoms with Crippen molar-refractivity contribution in [1.82, 2.24) is 10.2 Å². The first-order valence-electron chi connectivity index (χ1n) is 6.27. The quantitative estimate of drug-likeness (QED) is 0.717. The Balaban J connectivity index is 2.73. The number of rotatable bonds is 4. The molecule has 2 nitrogen and oxygen atoms in total. The van der Waals surface area contributed by atoms with E-state index in [0.717, 1.165) is 19.6 Å². The predicted molar refractivity (Wildman–Crippen MR) is 67.2 cm³/mol. The molecule has 0 amide bonds. The lowest BCUT2D eigenvalue weighted by molar-refractivity contribution is 0.175. The van der Waals surface area contributed by atoms with Crippen LogP contribution in [0, 0.1) is 0 Å². The summed E-state index contributed by atoms with van der Waals surface area (Å²) in [5, 5.41) is 3.74. The van der Waals surface area contributed by atoms with Crippen molar-refractivity contribution in [2.45, 2.75) is 51.6 Å². The fourth-order valence-electron chi connectivity index (χ4n) is 2.46. The van der Waals surface area contributed by atoms with E-state index in [9.17, 15) is 0 Å². The molecule has 1 heterocycles. The van der Waals surface area contributed by atoms with E-state index in [2.05, 4.69) is 37.6 Å². The van der Waals surface area contributed by atoms with Gasteiger partial charge in [0.15, 0.2) is 0 Å². The summed E-state index contributed by atoms with van der Waals surface area (Å²) >= 11 is 0. The molecule has 0 saturated carbocycles. The minimum atomic E-state index is 0.327. The Morgan fingerprint density at radius 3 is 2.67 bits per heavy atom. The van der Waals surface area contributed by atoms with E-state index in [1.165, 1.54) is 19.3 Å². The van der Waals surface area contributed by atoms with Crippen molar-refractivity contribution in [1.29, 1.82) is 0 Å². The van der Waals surface area contributed by atoms with Crippen LogP contribution >= 0.6 is 0 Å². The average Bonchev–Trinajstić information content (AvgIpc) is 2.40. The van der Waals surface area contributed by atoms with Crippen molar-refractivity contribution in [3.63, 3.8) is 0 Å². The molecule has 0 radical (unpaired) electrons. The second kappa shape index (κ2) is 5.66. The maximum atomic E-state index is 3.86. The van der Waals surface area contributed by atoms with Gasteiger partial charge in [0.25, 0.3) is 0 Å². The zero-order valence-electron chi connectivity index (χ0n) is 10.6. The monoisotopic (exact) mass is 210 g/mol. The molecule has 0 aromatic carbocycles. The van der Waals surface area contributed by atoms with E-state index in [0.29, 0.717) is 11.6 Å². The Kier molecular flexibility index (Phi) is 4.81. The van der Waals surface area contributed by atoms with Gasteiger partial charge in [-0.2, -0.15) is 0 Å². The van der Waals surface area contributed by atoms with E-state index in [1.807, 2.05) is 6.08 Å². The van der Waals surface area contributed by atoms with Crippen LogP contribution in [-0.4, -0.2) is 36.1 Å². The third-order valence-corrected chi connectivity index (χ3v) is 3.91. The molecule has 1 rings (SSSR count). The van der Waals surface area contributed by atoms with Crippen molar-refractivity contribution >= 4 is 0 Å². The molecule has 1 atom stereocenters. The average molecular weight is 210 g/mol. The van der Waals surface area contributed by atoms with Gasteiger partial charge < -0.3 is 5.32 Å². The van der Waals surface area contributed by atoms with Gasteiger partial charge in [0.05, 0.1) is 0 Å². The Hall–Kier alpha value is -0.340. The molecular weight excluding hydrogens is 184 g/mol. The molecule has 1 aliphatic rings. The number of hydrogen-bond donors (Lipinski definition) is 1. The van der Waals surface area contributed by atoms with Gasteiger partial charge in [0.1, 0.15) is 0 Å². The fourth-order valence-corrected chi connectivity index (χ4v) is 2.46. The number of nitrogens with one attached hydrogen (secondary N) is 1. The Labute approximate surface area is 94.7 Å². The van der Waals surface area contributed by atoms with Crippen LogP contribution in [0.15, 0.2) is 12.7 Å². The molecule has 0 aliphatic carbocycles. The van der Waals surface area contributed by atoms with Crippen molar-refractivity contribution in [2.75, 3.05) is 19.6 Å². The van der Waals surface area contributed by atoms with E-state index in [-0.39, 0.29) is 0 Å². The lowest BCUT2D eigenvalue weighted by Crippen LogP contribution is -2.51. The van der Waals surface area contributed by atoms with Gasteiger partial charge in [-0.3, -0.25) is 4.90 Å². The Bertz CT molecular complexity index is 197. The van der Waals surface area contributed by atoms with Crippen molar-refractivity contribution in [3.05, 3.63) is 12.7 Å². The molecule has 1 unspecified atom stereocenters. The summed E-state index contributed by atoms with van der Waals surface area (Å²) in [7, 11) is 0. The second-order valence-corrected chi connectivity index (χ2v) is 4.77. The minimum Gasteiger partial charge on any atom is -0.310 e. The van der Waals surface area contributed by atoms with Crippen LogP contribution in [0.25, 0.3) is 0 Å². The van der Waals surface area contributed by atoms with Gasteiger partial charge in [0, 0.05) is 24.7 Å². The normalized spacial score (nSPS) is 27.3. The molecule has 2 heteroatoms. The summed E-state index contributed by atoms with van der Waals surface area (Å²) in [6.07, 6.45) is 5.70. The first-order valence-corrected chi connectivity index (χ1v) is 6.27. The highest BCUT2D eigenvalue weighted by Gasteiger charge is 2.32. The standard InChI is InChI=1S/C13H26N2/c1-5-10-15-11-13(6-2,7-3)14-9-8-12(15)4/h5,12,14H,1,6-11H2,2-4H3. The highest BCUT2D eigenvalue weighted by molar-refractivity contribution is 4.94. The predicted octanol–water partition coefficient (Wildman–Crippen LogP) is 2.42. The van der Waals surface area contributed by atoms with Crippen LogP contribution < -0.4 is 5.32 Å². The van der Waals surface area contributed by atoms with Crippen LogP contribution in [0.4, 0.5) is 0 Å². The molecular formula is C13H26N2. The van der Waals surface area contributed by atoms with Gasteiger partial charge in [-0.05, 0) is 32.7 Å². The van der Waals surface area contributed by atoms with Crippen LogP contribution in [0.3, 0.4) is 0 Å². The molecule has 1 fully saturated rings. The lowest BCUT2D eigenvalue weighted by Gasteiger charge is -2.36. The highest BCUT2D eigenvalue weighted by Crippen LogP contribution is 2.22. The third kappa shape index (κ3) is 3.05. The Morgan fingerprint density at radius 2 is 2.13 bits per heavy atom. The smallest absolute Gasteiger partial charge is 0.0303 e. The number of hydrogen-bond acceptors (Lipinski definition) is 2. The van der Waals surface area contributed by atoms with Crippen LogP contribution in [0.5, 0.6) is 0 Å². The summed E-state index contributed by atoms with van der Waals surface area (Å²) < 4.78 is 0. The summed E-state index contributed by atoms with van der Waals surface area (Å²) in [6, 6.07) is 0.676. The van der Waals surface area contributed by atoms with Gasteiger partial charge in [-0.15, -0.1) is 6.58 Å². The first-order chi connectivity index (χ1) is 7.17. The van der Waals surface area contributed by atoms with Gasteiger partial charge in [-0.1, -0.05) is 19.9 Å². The largest absolute Gasteiger partial charge is 0.310 e. The fraction of sp³-hybridized carbons (Fsp3) is 0.846. The summed E-state index contributed by atoms with van der Waals surface area (Å²) in [5.74, 6) is 0. The molecule has 0 bridgehead atoms. The van der Waals surface area contributed by atoms with Crippen molar-refractivity contribution < 1.29 is 0 Å². The molecule has 88 valence electrons. The topological polar surface area (TPSA) is 15.3 Å². The molecule has 0 aromatic heterocycles. The Morgan fingerprint density at radius 1 is 1.47 bits per heavy atom. The first kappa shape index (κ1) is 12.7. The third-order valence-electron chi connectivity index (χ3n) is 3.91. The molecule has 15 heavy (non-hydrogen) atoms. The maximum Gasteiger partial charge on any atom is 0.0303 e. The number of nitrogens with zero attached hydrogens (tertiary/aromatic N) is 1. The van der Waals surface area contributed by atoms with Gasteiger partial charge in [-0.25, -0.2) is 0 Å². The molecule has 1 N–H and O–H groups in total. The molecule has 0 aromatic rings. The molecule has 1 aliphatic heterocycles. The molecule has 1 saturated heterocycles. The van der Waals surface area contributed by atoms with Gasteiger partial charge >= 0.3 is 0 Å². The van der Waals surface area contributed by atoms with Gasteiger partial charge in [0.2, 0.25) is 0 Å². The lowest BCUT2D eigenvalue weighted by atomic mass is 9.92. The molecule has 0 spiro atoms. The maximum absolute atomic E-state index is 3.86. The highest BCUT2D eigenvalue weighted by atomic mass is 15.2. The zero-order valence-corrected chi connectivity index (χ0v) is 10.6. The summed E-state index contributed by atoms with van der Waals surface area (Å²) in [4.78, 5) is 2.56. The SMILES string of the molecule is C=CCN1CC(CC)(CC)NCCC1C. The second-order valence-electron chi connectivity index (χ2n) is 4.77. The van der Waals surface area contributed by atoms with E-state index < -0.39 is 0 Å². The van der Waals surface area contributed by atoms with Crippen LogP contribution in [-0.2, 0) is 0 Å². The van der Waals surface area contributed by atoms with Crippen molar-refractivity contribution in [2.24, 2.45) is 0 Å². The zero-order chi connectivity index (χ0) is 11.3.